The van der Waals surface area contributed by atoms with Gasteiger partial charge in [-0.2, -0.15) is 0 Å². The number of carbonyl (C=O) groups excluding carboxylic acids is 2. The van der Waals surface area contributed by atoms with E-state index in [0.29, 0.717) is 24.3 Å². The standard InChI is InChI=1S/C20H22O3.C18H26O3/c1-2-3-10-15-23-20(18(21)16-11-6-4-7-12-16)19(22)17-13-8-5-9-14-17;1-2-3-4-5-6-7-10-15-21-17-12-9-8-11-16(17)13-14-18(19)20/h4-9,11-14,20H,2-3,10,15H2,1H3;8-9,11-14H,2-7,10,15H2,1H3,(H,19,20)/b;14-13+. The van der Waals surface area contributed by atoms with Gasteiger partial charge in [-0.1, -0.05) is 144 Å². The third-order valence-corrected chi connectivity index (χ3v) is 6.96. The van der Waals surface area contributed by atoms with Gasteiger partial charge in [0, 0.05) is 29.4 Å². The van der Waals surface area contributed by atoms with E-state index in [2.05, 4.69) is 13.8 Å². The molecule has 0 heterocycles. The van der Waals surface area contributed by atoms with Gasteiger partial charge < -0.3 is 14.6 Å². The zero-order valence-corrected chi connectivity index (χ0v) is 26.3. The van der Waals surface area contributed by atoms with E-state index in [0.717, 1.165) is 43.1 Å². The van der Waals surface area contributed by atoms with Crippen LogP contribution in [0.2, 0.25) is 0 Å². The van der Waals surface area contributed by atoms with Crippen molar-refractivity contribution in [2.75, 3.05) is 13.2 Å². The highest BCUT2D eigenvalue weighted by Gasteiger charge is 2.29. The summed E-state index contributed by atoms with van der Waals surface area (Å²) in [5.41, 5.74) is 1.80. The molecule has 0 aromatic heterocycles. The first kappa shape index (κ1) is 36.2. The molecule has 0 aliphatic rings. The third kappa shape index (κ3) is 14.4. The lowest BCUT2D eigenvalue weighted by atomic mass is 9.98. The Morgan fingerprint density at radius 3 is 1.68 bits per heavy atom. The average Bonchev–Trinajstić information content (AvgIpc) is 3.06. The molecule has 44 heavy (non-hydrogen) atoms. The van der Waals surface area contributed by atoms with Gasteiger partial charge in [-0.05, 0) is 25.0 Å². The van der Waals surface area contributed by atoms with Gasteiger partial charge in [0.2, 0.25) is 0 Å². The van der Waals surface area contributed by atoms with Crippen molar-refractivity contribution in [2.45, 2.75) is 84.2 Å². The summed E-state index contributed by atoms with van der Waals surface area (Å²) in [4.78, 5) is 35.9. The van der Waals surface area contributed by atoms with Gasteiger partial charge in [-0.3, -0.25) is 9.59 Å². The fourth-order valence-electron chi connectivity index (χ4n) is 4.48. The molecule has 0 radical (unpaired) electrons. The summed E-state index contributed by atoms with van der Waals surface area (Å²) in [6.45, 7) is 5.42. The summed E-state index contributed by atoms with van der Waals surface area (Å²) >= 11 is 0. The molecule has 0 aliphatic carbocycles. The van der Waals surface area contributed by atoms with Crippen molar-refractivity contribution in [1.29, 1.82) is 0 Å². The topological polar surface area (TPSA) is 89.9 Å². The SMILES string of the molecule is CCCCCCCCCOc1ccccc1/C=C/C(=O)O.CCCCCOC(C(=O)c1ccccc1)C(=O)c1ccccc1. The number of benzene rings is 3. The Bertz CT molecular complexity index is 1200. The quantitative estimate of drug-likeness (QED) is 0.0602. The first-order valence-corrected chi connectivity index (χ1v) is 15.9. The number of ether oxygens (including phenoxy) is 2. The third-order valence-electron chi connectivity index (χ3n) is 6.96. The zero-order valence-electron chi connectivity index (χ0n) is 26.3. The van der Waals surface area contributed by atoms with Crippen molar-refractivity contribution in [3.8, 4) is 5.75 Å². The normalized spacial score (nSPS) is 10.8. The highest BCUT2D eigenvalue weighted by Crippen LogP contribution is 2.20. The Labute approximate surface area is 263 Å². The van der Waals surface area contributed by atoms with E-state index in [9.17, 15) is 14.4 Å². The van der Waals surface area contributed by atoms with Crippen LogP contribution in [0.1, 0.15) is 104 Å². The Morgan fingerprint density at radius 2 is 1.11 bits per heavy atom. The fraction of sp³-hybridized carbons (Fsp3) is 0.395. The van der Waals surface area contributed by atoms with E-state index in [1.807, 2.05) is 36.4 Å². The Hall–Kier alpha value is -4.03. The smallest absolute Gasteiger partial charge is 0.328 e. The Balaban J connectivity index is 0.000000308. The number of carbonyl (C=O) groups is 3. The van der Waals surface area contributed by atoms with E-state index in [-0.39, 0.29) is 11.6 Å². The number of hydrogen-bond donors (Lipinski definition) is 1. The maximum Gasteiger partial charge on any atom is 0.328 e. The lowest BCUT2D eigenvalue weighted by molar-refractivity contribution is -0.131. The van der Waals surface area contributed by atoms with E-state index in [1.165, 1.54) is 38.5 Å². The predicted octanol–water partition coefficient (Wildman–Crippen LogP) is 9.24. The van der Waals surface area contributed by atoms with Crippen LogP contribution in [0.15, 0.2) is 91.0 Å². The largest absolute Gasteiger partial charge is 0.493 e. The average molecular weight is 601 g/mol. The molecule has 3 aromatic carbocycles. The van der Waals surface area contributed by atoms with Crippen LogP contribution >= 0.6 is 0 Å². The van der Waals surface area contributed by atoms with Crippen molar-refractivity contribution in [1.82, 2.24) is 0 Å². The van der Waals surface area contributed by atoms with Crippen LogP contribution in [0.25, 0.3) is 6.08 Å². The molecule has 3 aromatic rings. The highest BCUT2D eigenvalue weighted by molar-refractivity contribution is 6.18. The number of carboxylic acids is 1. The van der Waals surface area contributed by atoms with E-state index in [4.69, 9.17) is 14.6 Å². The molecule has 0 atom stereocenters. The number of para-hydroxylation sites is 1. The maximum absolute atomic E-state index is 12.7. The van der Waals surface area contributed by atoms with E-state index in [1.54, 1.807) is 54.6 Å². The lowest BCUT2D eigenvalue weighted by Crippen LogP contribution is -2.33. The molecule has 0 saturated carbocycles. The van der Waals surface area contributed by atoms with E-state index >= 15 is 0 Å². The molecular weight excluding hydrogens is 552 g/mol. The predicted molar refractivity (Wildman–Crippen MR) is 177 cm³/mol. The molecule has 3 rings (SSSR count). The summed E-state index contributed by atoms with van der Waals surface area (Å²) in [6.07, 6.45) is 13.3. The van der Waals surface area contributed by atoms with Gasteiger partial charge in [0.1, 0.15) is 5.75 Å². The number of unbranched alkanes of at least 4 members (excludes halogenated alkanes) is 8. The van der Waals surface area contributed by atoms with Gasteiger partial charge in [-0.25, -0.2) is 4.79 Å². The summed E-state index contributed by atoms with van der Waals surface area (Å²) in [6, 6.07) is 25.2. The molecule has 6 heteroatoms. The second kappa shape index (κ2) is 22.5. The van der Waals surface area contributed by atoms with Gasteiger partial charge >= 0.3 is 5.97 Å². The molecule has 0 spiro atoms. The Morgan fingerprint density at radius 1 is 0.636 bits per heavy atom. The monoisotopic (exact) mass is 600 g/mol. The minimum atomic E-state index is -1.07. The molecule has 236 valence electrons. The van der Waals surface area contributed by atoms with Crippen LogP contribution < -0.4 is 4.74 Å². The van der Waals surface area contributed by atoms with Crippen molar-refractivity contribution in [2.24, 2.45) is 0 Å². The summed E-state index contributed by atoms with van der Waals surface area (Å²) in [5.74, 6) is -0.759. The van der Waals surface area contributed by atoms with Crippen LogP contribution in [0.5, 0.6) is 5.75 Å². The minimum absolute atomic E-state index is 0.282. The number of ketones is 2. The molecule has 0 amide bonds. The van der Waals surface area contributed by atoms with E-state index < -0.39 is 12.1 Å². The fourth-order valence-corrected chi connectivity index (χ4v) is 4.48. The van der Waals surface area contributed by atoms with Crippen LogP contribution in [-0.4, -0.2) is 42.0 Å². The zero-order chi connectivity index (χ0) is 31.8. The highest BCUT2D eigenvalue weighted by atomic mass is 16.5. The number of aliphatic carboxylic acids is 1. The molecule has 0 saturated heterocycles. The van der Waals surface area contributed by atoms with Crippen LogP contribution in [0, 0.1) is 0 Å². The maximum atomic E-state index is 12.7. The van der Waals surface area contributed by atoms with Gasteiger partial charge in [0.25, 0.3) is 0 Å². The molecule has 0 aliphatic heterocycles. The van der Waals surface area contributed by atoms with Gasteiger partial charge in [0.15, 0.2) is 17.7 Å². The van der Waals surface area contributed by atoms with Crippen molar-refractivity contribution in [3.05, 3.63) is 108 Å². The second-order valence-corrected chi connectivity index (χ2v) is 10.6. The van der Waals surface area contributed by atoms with Crippen LogP contribution in [0.3, 0.4) is 0 Å². The molecule has 0 unspecified atom stereocenters. The molecular formula is C38H48O6. The molecule has 0 fully saturated rings. The number of Topliss-reactive ketones (excluding diaryl/α,β-unsaturated/α-hetero) is 2. The molecule has 0 bridgehead atoms. The van der Waals surface area contributed by atoms with Gasteiger partial charge in [0.05, 0.1) is 6.61 Å². The van der Waals surface area contributed by atoms with Crippen molar-refractivity contribution < 1.29 is 29.0 Å². The summed E-state index contributed by atoms with van der Waals surface area (Å²) in [5, 5.41) is 8.67. The van der Waals surface area contributed by atoms with Crippen LogP contribution in [-0.2, 0) is 9.53 Å². The number of rotatable bonds is 20. The Kier molecular flexibility index (Phi) is 18.5. The summed E-state index contributed by atoms with van der Waals surface area (Å²) < 4.78 is 11.4. The molecule has 6 nitrogen and oxygen atoms in total. The van der Waals surface area contributed by atoms with Crippen molar-refractivity contribution >= 4 is 23.6 Å². The minimum Gasteiger partial charge on any atom is -0.493 e. The first-order valence-electron chi connectivity index (χ1n) is 15.9. The number of carboxylic acid groups (broad SMARTS) is 1. The molecule has 1 N–H and O–H groups in total. The second-order valence-electron chi connectivity index (χ2n) is 10.6. The van der Waals surface area contributed by atoms with Gasteiger partial charge in [-0.15, -0.1) is 0 Å². The van der Waals surface area contributed by atoms with Crippen LogP contribution in [0.4, 0.5) is 0 Å². The summed E-state index contributed by atoms with van der Waals surface area (Å²) in [7, 11) is 0. The first-order chi connectivity index (χ1) is 21.5. The lowest BCUT2D eigenvalue weighted by Gasteiger charge is -2.16. The van der Waals surface area contributed by atoms with Crippen molar-refractivity contribution in [3.63, 3.8) is 0 Å². The number of hydrogen-bond acceptors (Lipinski definition) is 5.